The van der Waals surface area contributed by atoms with E-state index < -0.39 is 10.0 Å². The first-order valence-electron chi connectivity index (χ1n) is 8.19. The van der Waals surface area contributed by atoms with Crippen molar-refractivity contribution < 1.29 is 17.9 Å². The van der Waals surface area contributed by atoms with Gasteiger partial charge in [-0.25, -0.2) is 8.42 Å². The van der Waals surface area contributed by atoms with Crippen LogP contribution < -0.4 is 0 Å². The highest BCUT2D eigenvalue weighted by Gasteiger charge is 2.34. The van der Waals surface area contributed by atoms with E-state index in [1.54, 1.807) is 12.1 Å². The van der Waals surface area contributed by atoms with E-state index >= 15 is 0 Å². The summed E-state index contributed by atoms with van der Waals surface area (Å²) in [6.45, 7) is 3.90. The number of Topliss-reactive ketones (excluding diaryl/α,β-unsaturated/α-hetero) is 1. The Kier molecular flexibility index (Phi) is 5.03. The number of hydrogen-bond acceptors (Lipinski definition) is 4. The van der Waals surface area contributed by atoms with Crippen molar-refractivity contribution in [3.63, 3.8) is 0 Å². The van der Waals surface area contributed by atoms with Crippen molar-refractivity contribution in [2.75, 3.05) is 13.1 Å². The molecule has 3 rings (SSSR count). The predicted molar refractivity (Wildman–Crippen MR) is 94.9 cm³/mol. The van der Waals surface area contributed by atoms with Gasteiger partial charge in [0.15, 0.2) is 5.78 Å². The van der Waals surface area contributed by atoms with Gasteiger partial charge < -0.3 is 4.74 Å². The van der Waals surface area contributed by atoms with Crippen LogP contribution in [0.15, 0.2) is 59.5 Å². The van der Waals surface area contributed by atoms with Gasteiger partial charge in [-0.2, -0.15) is 4.31 Å². The molecule has 0 radical (unpaired) electrons. The smallest absolute Gasteiger partial charge is 0.243 e. The molecule has 0 amide bonds. The van der Waals surface area contributed by atoms with E-state index in [1.807, 2.05) is 37.3 Å². The van der Waals surface area contributed by atoms with E-state index in [2.05, 4.69) is 0 Å². The van der Waals surface area contributed by atoms with Crippen molar-refractivity contribution in [1.29, 1.82) is 0 Å². The fourth-order valence-electron chi connectivity index (χ4n) is 2.97. The fourth-order valence-corrected chi connectivity index (χ4v) is 4.49. The molecular weight excluding hydrogens is 338 g/mol. The standard InChI is InChI=1S/C19H21NO4S/c1-14-12-20(13-19(24-14)17-6-4-3-5-7-17)25(22,23)18-10-8-16(9-11-18)15(2)21/h3-11,14,19H,12-13H2,1-2H3. The second-order valence-electron chi connectivity index (χ2n) is 6.25. The maximum atomic E-state index is 13.0. The normalized spacial score (nSPS) is 21.8. The quantitative estimate of drug-likeness (QED) is 0.787. The summed E-state index contributed by atoms with van der Waals surface area (Å²) in [5, 5.41) is 0. The summed E-state index contributed by atoms with van der Waals surface area (Å²) in [5.74, 6) is -0.0897. The number of benzene rings is 2. The van der Waals surface area contributed by atoms with Gasteiger partial charge in [-0.3, -0.25) is 4.79 Å². The monoisotopic (exact) mass is 359 g/mol. The average Bonchev–Trinajstić information content (AvgIpc) is 2.62. The van der Waals surface area contributed by atoms with Crippen molar-refractivity contribution in [2.45, 2.75) is 31.0 Å². The molecule has 132 valence electrons. The molecule has 1 aliphatic heterocycles. The van der Waals surface area contributed by atoms with Crippen LogP contribution >= 0.6 is 0 Å². The minimum atomic E-state index is -3.64. The van der Waals surface area contributed by atoms with Crippen LogP contribution in [0, 0.1) is 0 Å². The second kappa shape index (κ2) is 7.07. The van der Waals surface area contributed by atoms with Crippen LogP contribution in [0.2, 0.25) is 0 Å². The second-order valence-corrected chi connectivity index (χ2v) is 8.19. The highest BCUT2D eigenvalue weighted by Crippen LogP contribution is 2.29. The molecule has 1 fully saturated rings. The largest absolute Gasteiger partial charge is 0.368 e. The molecule has 2 aromatic rings. The van der Waals surface area contributed by atoms with Crippen molar-refractivity contribution in [1.82, 2.24) is 4.31 Å². The maximum absolute atomic E-state index is 13.0. The lowest BCUT2D eigenvalue weighted by atomic mass is 10.1. The van der Waals surface area contributed by atoms with Gasteiger partial charge in [-0.1, -0.05) is 42.5 Å². The molecular formula is C19H21NO4S. The summed E-state index contributed by atoms with van der Waals surface area (Å²) in [4.78, 5) is 11.6. The van der Waals surface area contributed by atoms with Gasteiger partial charge in [0.05, 0.1) is 17.1 Å². The molecule has 0 N–H and O–H groups in total. The lowest BCUT2D eigenvalue weighted by molar-refractivity contribution is -0.0557. The SMILES string of the molecule is CC(=O)c1ccc(S(=O)(=O)N2CC(C)OC(c3ccccc3)C2)cc1. The van der Waals surface area contributed by atoms with E-state index in [9.17, 15) is 13.2 Å². The van der Waals surface area contributed by atoms with Crippen molar-refractivity contribution >= 4 is 15.8 Å². The summed E-state index contributed by atoms with van der Waals surface area (Å²) >= 11 is 0. The lowest BCUT2D eigenvalue weighted by Gasteiger charge is -2.36. The number of morpholine rings is 1. The van der Waals surface area contributed by atoms with E-state index in [-0.39, 0.29) is 29.4 Å². The Balaban J connectivity index is 1.87. The fraction of sp³-hybridized carbons (Fsp3) is 0.316. The summed E-state index contributed by atoms with van der Waals surface area (Å²) in [6, 6.07) is 15.7. The topological polar surface area (TPSA) is 63.7 Å². The third kappa shape index (κ3) is 3.81. The average molecular weight is 359 g/mol. The zero-order chi connectivity index (χ0) is 18.0. The molecule has 0 aromatic heterocycles. The Morgan fingerprint density at radius 3 is 2.28 bits per heavy atom. The highest BCUT2D eigenvalue weighted by molar-refractivity contribution is 7.89. The van der Waals surface area contributed by atoms with Crippen LogP contribution in [-0.2, 0) is 14.8 Å². The molecule has 0 spiro atoms. The van der Waals surface area contributed by atoms with Gasteiger partial charge in [0.2, 0.25) is 10.0 Å². The Bertz CT molecular complexity index is 847. The van der Waals surface area contributed by atoms with Crippen LogP contribution in [0.5, 0.6) is 0 Å². The number of ketones is 1. The maximum Gasteiger partial charge on any atom is 0.243 e. The molecule has 2 unspecified atom stereocenters. The molecule has 1 heterocycles. The van der Waals surface area contributed by atoms with Crippen molar-refractivity contribution in [2.24, 2.45) is 0 Å². The molecule has 2 atom stereocenters. The molecule has 5 nitrogen and oxygen atoms in total. The molecule has 0 aliphatic carbocycles. The van der Waals surface area contributed by atoms with Gasteiger partial charge in [0.25, 0.3) is 0 Å². The van der Waals surface area contributed by atoms with E-state index in [0.717, 1.165) is 5.56 Å². The number of carbonyl (C=O) groups is 1. The molecule has 1 aliphatic rings. The third-order valence-electron chi connectivity index (χ3n) is 4.30. The van der Waals surface area contributed by atoms with E-state index in [1.165, 1.54) is 23.4 Å². The zero-order valence-corrected chi connectivity index (χ0v) is 15.1. The van der Waals surface area contributed by atoms with Gasteiger partial charge in [-0.15, -0.1) is 0 Å². The summed E-state index contributed by atoms with van der Waals surface area (Å²) in [7, 11) is -3.64. The van der Waals surface area contributed by atoms with Crippen LogP contribution in [0.1, 0.15) is 35.9 Å². The summed E-state index contributed by atoms with van der Waals surface area (Å²) in [5.41, 5.74) is 1.46. The van der Waals surface area contributed by atoms with Gasteiger partial charge in [0.1, 0.15) is 0 Å². The first kappa shape index (κ1) is 17.8. The van der Waals surface area contributed by atoms with Crippen molar-refractivity contribution in [3.8, 4) is 0 Å². The van der Waals surface area contributed by atoms with Crippen LogP contribution in [-0.4, -0.2) is 37.7 Å². The van der Waals surface area contributed by atoms with Gasteiger partial charge in [0, 0.05) is 18.7 Å². The number of hydrogen-bond donors (Lipinski definition) is 0. The minimum absolute atomic E-state index is 0.0897. The minimum Gasteiger partial charge on any atom is -0.368 e. The summed E-state index contributed by atoms with van der Waals surface area (Å²) in [6.07, 6.45) is -0.499. The van der Waals surface area contributed by atoms with E-state index in [0.29, 0.717) is 12.1 Å². The Morgan fingerprint density at radius 2 is 1.68 bits per heavy atom. The van der Waals surface area contributed by atoms with Crippen molar-refractivity contribution in [3.05, 3.63) is 65.7 Å². The number of nitrogens with zero attached hydrogens (tertiary/aromatic N) is 1. The summed E-state index contributed by atoms with van der Waals surface area (Å²) < 4.78 is 33.3. The van der Waals surface area contributed by atoms with E-state index in [4.69, 9.17) is 4.74 Å². The molecule has 0 saturated carbocycles. The number of carbonyl (C=O) groups excluding carboxylic acids is 1. The van der Waals surface area contributed by atoms with Crippen LogP contribution in [0.25, 0.3) is 0 Å². The molecule has 2 aromatic carbocycles. The number of ether oxygens (including phenoxy) is 1. The lowest BCUT2D eigenvalue weighted by Crippen LogP contribution is -2.45. The highest BCUT2D eigenvalue weighted by atomic mass is 32.2. The van der Waals surface area contributed by atoms with Gasteiger partial charge in [-0.05, 0) is 31.5 Å². The molecule has 6 heteroatoms. The Hall–Kier alpha value is -2.02. The first-order chi connectivity index (χ1) is 11.9. The van der Waals surface area contributed by atoms with Crippen LogP contribution in [0.3, 0.4) is 0 Å². The van der Waals surface area contributed by atoms with Crippen LogP contribution in [0.4, 0.5) is 0 Å². The zero-order valence-electron chi connectivity index (χ0n) is 14.3. The number of rotatable bonds is 4. The molecule has 1 saturated heterocycles. The Morgan fingerprint density at radius 1 is 1.04 bits per heavy atom. The Labute approximate surface area is 148 Å². The number of sulfonamides is 1. The molecule has 25 heavy (non-hydrogen) atoms. The molecule has 0 bridgehead atoms. The third-order valence-corrected chi connectivity index (χ3v) is 6.14. The van der Waals surface area contributed by atoms with Gasteiger partial charge >= 0.3 is 0 Å². The first-order valence-corrected chi connectivity index (χ1v) is 9.63. The predicted octanol–water partition coefficient (Wildman–Crippen LogP) is 3.04.